The largest absolute Gasteiger partial charge is 0.481 e. The molecule has 18 heavy (non-hydrogen) atoms. The number of carboxylic acid groups (broad SMARTS) is 1. The highest BCUT2D eigenvalue weighted by Gasteiger charge is 2.39. The molecular formula is C14H21NO3. The van der Waals surface area contributed by atoms with Gasteiger partial charge in [-0.25, -0.2) is 0 Å². The molecule has 0 bridgehead atoms. The van der Waals surface area contributed by atoms with Crippen molar-refractivity contribution >= 4 is 5.97 Å². The molecule has 2 heterocycles. The number of aliphatic carboxylic acids is 1. The van der Waals surface area contributed by atoms with Crippen LogP contribution in [0, 0.1) is 12.3 Å². The molecule has 1 N–H and O–H groups in total. The van der Waals surface area contributed by atoms with Gasteiger partial charge in [0.1, 0.15) is 11.5 Å². The number of likely N-dealkylation sites (tertiary alicyclic amines) is 1. The number of piperidine rings is 1. The summed E-state index contributed by atoms with van der Waals surface area (Å²) in [5.41, 5.74) is -0.631. The van der Waals surface area contributed by atoms with Gasteiger partial charge in [-0.15, -0.1) is 0 Å². The third-order valence-corrected chi connectivity index (χ3v) is 3.96. The summed E-state index contributed by atoms with van der Waals surface area (Å²) < 4.78 is 5.64. The molecule has 0 amide bonds. The van der Waals surface area contributed by atoms with E-state index < -0.39 is 11.4 Å². The van der Waals surface area contributed by atoms with Gasteiger partial charge in [0.2, 0.25) is 0 Å². The number of rotatable bonds is 3. The lowest BCUT2D eigenvalue weighted by Crippen LogP contribution is -2.46. The smallest absolute Gasteiger partial charge is 0.310 e. The second-order valence-electron chi connectivity index (χ2n) is 5.56. The Morgan fingerprint density at radius 3 is 2.83 bits per heavy atom. The number of furan rings is 1. The van der Waals surface area contributed by atoms with Crippen molar-refractivity contribution in [3.8, 4) is 0 Å². The van der Waals surface area contributed by atoms with E-state index in [1.54, 1.807) is 0 Å². The number of nitrogens with zero attached hydrogens (tertiary/aromatic N) is 1. The highest BCUT2D eigenvalue weighted by molar-refractivity contribution is 5.74. The molecule has 0 aliphatic carbocycles. The molecule has 2 unspecified atom stereocenters. The molecule has 2 rings (SSSR count). The van der Waals surface area contributed by atoms with Gasteiger partial charge in [0.25, 0.3) is 0 Å². The van der Waals surface area contributed by atoms with Crippen LogP contribution in [-0.4, -0.2) is 29.1 Å². The lowest BCUT2D eigenvalue weighted by molar-refractivity contribution is -0.151. The third kappa shape index (κ3) is 2.43. The first kappa shape index (κ1) is 13.1. The quantitative estimate of drug-likeness (QED) is 0.897. The molecule has 0 spiro atoms. The fourth-order valence-electron chi connectivity index (χ4n) is 2.64. The number of carbonyl (C=O) groups is 1. The van der Waals surface area contributed by atoms with Crippen LogP contribution in [0.25, 0.3) is 0 Å². The standard InChI is InChI=1S/C14H21NO3/c1-10-5-6-12(18-10)11(2)15-8-4-7-14(3,9-15)13(16)17/h5-6,11H,4,7-9H2,1-3H3,(H,16,17). The zero-order chi connectivity index (χ0) is 13.3. The molecule has 4 heteroatoms. The van der Waals surface area contributed by atoms with E-state index in [1.165, 1.54) is 0 Å². The van der Waals surface area contributed by atoms with E-state index in [0.29, 0.717) is 6.54 Å². The van der Waals surface area contributed by atoms with Gasteiger partial charge in [-0.05, 0) is 52.3 Å². The van der Waals surface area contributed by atoms with Crippen molar-refractivity contribution in [2.45, 2.75) is 39.7 Å². The summed E-state index contributed by atoms with van der Waals surface area (Å²) in [6, 6.07) is 4.07. The fourth-order valence-corrected chi connectivity index (χ4v) is 2.64. The normalized spacial score (nSPS) is 27.1. The zero-order valence-corrected chi connectivity index (χ0v) is 11.3. The van der Waals surface area contributed by atoms with E-state index in [2.05, 4.69) is 11.8 Å². The van der Waals surface area contributed by atoms with E-state index in [9.17, 15) is 9.90 Å². The Morgan fingerprint density at radius 2 is 2.28 bits per heavy atom. The van der Waals surface area contributed by atoms with Crippen LogP contribution in [-0.2, 0) is 4.79 Å². The van der Waals surface area contributed by atoms with Crippen LogP contribution in [0.3, 0.4) is 0 Å². The van der Waals surface area contributed by atoms with Gasteiger partial charge >= 0.3 is 5.97 Å². The van der Waals surface area contributed by atoms with E-state index in [1.807, 2.05) is 26.0 Å². The van der Waals surface area contributed by atoms with Gasteiger partial charge in [-0.2, -0.15) is 0 Å². The molecule has 0 aromatic carbocycles. The van der Waals surface area contributed by atoms with Crippen molar-refractivity contribution in [3.63, 3.8) is 0 Å². The average Bonchev–Trinajstić information content (AvgIpc) is 2.75. The van der Waals surface area contributed by atoms with Crippen LogP contribution in [0.5, 0.6) is 0 Å². The maximum absolute atomic E-state index is 11.3. The highest BCUT2D eigenvalue weighted by Crippen LogP contribution is 2.34. The lowest BCUT2D eigenvalue weighted by atomic mass is 9.81. The monoisotopic (exact) mass is 251 g/mol. The number of carboxylic acids is 1. The van der Waals surface area contributed by atoms with Gasteiger partial charge in [0.15, 0.2) is 0 Å². The van der Waals surface area contributed by atoms with E-state index in [-0.39, 0.29) is 6.04 Å². The molecule has 1 aliphatic rings. The topological polar surface area (TPSA) is 53.7 Å². The third-order valence-electron chi connectivity index (χ3n) is 3.96. The lowest BCUT2D eigenvalue weighted by Gasteiger charge is -2.40. The van der Waals surface area contributed by atoms with Gasteiger partial charge < -0.3 is 9.52 Å². The molecule has 1 fully saturated rings. The second-order valence-corrected chi connectivity index (χ2v) is 5.56. The van der Waals surface area contributed by atoms with Crippen LogP contribution in [0.2, 0.25) is 0 Å². The maximum Gasteiger partial charge on any atom is 0.310 e. The molecule has 2 atom stereocenters. The number of aryl methyl sites for hydroxylation is 1. The van der Waals surface area contributed by atoms with Gasteiger partial charge in [0.05, 0.1) is 11.5 Å². The molecule has 0 radical (unpaired) electrons. The maximum atomic E-state index is 11.3. The van der Waals surface area contributed by atoms with Crippen LogP contribution in [0.4, 0.5) is 0 Å². The van der Waals surface area contributed by atoms with Crippen molar-refractivity contribution in [2.75, 3.05) is 13.1 Å². The van der Waals surface area contributed by atoms with Crippen LogP contribution >= 0.6 is 0 Å². The molecule has 1 saturated heterocycles. The predicted molar refractivity (Wildman–Crippen MR) is 68.4 cm³/mol. The van der Waals surface area contributed by atoms with Crippen LogP contribution in [0.15, 0.2) is 16.5 Å². The fraction of sp³-hybridized carbons (Fsp3) is 0.643. The Labute approximate surface area is 108 Å². The predicted octanol–water partition coefficient (Wildman–Crippen LogP) is 2.84. The zero-order valence-electron chi connectivity index (χ0n) is 11.3. The molecule has 1 aromatic heterocycles. The Morgan fingerprint density at radius 1 is 1.56 bits per heavy atom. The summed E-state index contributed by atoms with van der Waals surface area (Å²) in [7, 11) is 0. The summed E-state index contributed by atoms with van der Waals surface area (Å²) in [6.07, 6.45) is 1.68. The Hall–Kier alpha value is -1.29. The van der Waals surface area contributed by atoms with E-state index in [4.69, 9.17) is 4.42 Å². The summed E-state index contributed by atoms with van der Waals surface area (Å²) in [5.74, 6) is 1.12. The van der Waals surface area contributed by atoms with E-state index >= 15 is 0 Å². The molecule has 100 valence electrons. The minimum Gasteiger partial charge on any atom is -0.481 e. The minimum absolute atomic E-state index is 0.137. The Bertz CT molecular complexity index is 440. The van der Waals surface area contributed by atoms with Crippen LogP contribution in [0.1, 0.15) is 44.3 Å². The highest BCUT2D eigenvalue weighted by atomic mass is 16.4. The average molecular weight is 251 g/mol. The van der Waals surface area contributed by atoms with Gasteiger partial charge in [0, 0.05) is 6.54 Å². The van der Waals surface area contributed by atoms with Crippen LogP contribution < -0.4 is 0 Å². The molecule has 0 saturated carbocycles. The minimum atomic E-state index is -0.699. The molecule has 1 aromatic rings. The summed E-state index contributed by atoms with van der Waals surface area (Å²) in [5, 5.41) is 9.32. The summed E-state index contributed by atoms with van der Waals surface area (Å²) in [4.78, 5) is 13.5. The van der Waals surface area contributed by atoms with E-state index in [0.717, 1.165) is 30.9 Å². The number of hydrogen-bond acceptors (Lipinski definition) is 3. The first-order valence-electron chi connectivity index (χ1n) is 6.46. The molecular weight excluding hydrogens is 230 g/mol. The summed E-state index contributed by atoms with van der Waals surface area (Å²) in [6.45, 7) is 7.36. The Kier molecular flexibility index (Phi) is 3.48. The van der Waals surface area contributed by atoms with Gasteiger partial charge in [-0.3, -0.25) is 9.69 Å². The number of hydrogen-bond donors (Lipinski definition) is 1. The molecule has 4 nitrogen and oxygen atoms in total. The van der Waals surface area contributed by atoms with Crippen molar-refractivity contribution in [1.29, 1.82) is 0 Å². The summed E-state index contributed by atoms with van der Waals surface area (Å²) >= 11 is 0. The molecule has 1 aliphatic heterocycles. The SMILES string of the molecule is Cc1ccc(C(C)N2CCCC(C)(C(=O)O)C2)o1. The van der Waals surface area contributed by atoms with Gasteiger partial charge in [-0.1, -0.05) is 0 Å². The Balaban J connectivity index is 2.11. The first-order chi connectivity index (χ1) is 8.42. The second kappa shape index (κ2) is 4.76. The van der Waals surface area contributed by atoms with Crippen molar-refractivity contribution in [2.24, 2.45) is 5.41 Å². The first-order valence-corrected chi connectivity index (χ1v) is 6.46. The van der Waals surface area contributed by atoms with Crippen molar-refractivity contribution < 1.29 is 14.3 Å². The van der Waals surface area contributed by atoms with Crippen molar-refractivity contribution in [1.82, 2.24) is 4.90 Å². The van der Waals surface area contributed by atoms with Crippen molar-refractivity contribution in [3.05, 3.63) is 23.7 Å².